The molecule has 44 heavy (non-hydrogen) atoms. The number of methoxy groups -OCH3 is 1. The van der Waals surface area contributed by atoms with Crippen LogP contribution < -0.4 is 4.74 Å². The van der Waals surface area contributed by atoms with Gasteiger partial charge in [-0.2, -0.15) is 10.2 Å². The normalized spacial score (nSPS) is 18.1. The molecular weight excluding hydrogens is 558 g/mol. The van der Waals surface area contributed by atoms with Crippen molar-refractivity contribution in [3.05, 3.63) is 54.2 Å². The Morgan fingerprint density at radius 1 is 1.05 bits per heavy atom. The maximum atomic E-state index is 11.5. The lowest BCUT2D eigenvalue weighted by atomic mass is 10.0. The van der Waals surface area contributed by atoms with Gasteiger partial charge in [0.1, 0.15) is 11.5 Å². The van der Waals surface area contributed by atoms with Crippen molar-refractivity contribution in [1.29, 1.82) is 0 Å². The number of ether oxygens (including phenoxy) is 1. The molecule has 6 aromatic rings. The minimum atomic E-state index is -0.807. The second-order valence-electron chi connectivity index (χ2n) is 12.4. The SMILES string of the molecule is COc1nn([C@@H]2C[C@H]2C(=O)O)cc1-n1cc2c(-c3nc(-c4cc5cn(C)nc5nc4C(C)C)n(C)c3C3CC3)cccc2n1. The van der Waals surface area contributed by atoms with E-state index >= 15 is 0 Å². The van der Waals surface area contributed by atoms with E-state index in [4.69, 9.17) is 19.8 Å². The summed E-state index contributed by atoms with van der Waals surface area (Å²) >= 11 is 0. The molecule has 1 N–H and O–H groups in total. The number of imidazole rings is 1. The first-order valence-electron chi connectivity index (χ1n) is 15.0. The van der Waals surface area contributed by atoms with Crippen LogP contribution in [0.3, 0.4) is 0 Å². The van der Waals surface area contributed by atoms with E-state index in [2.05, 4.69) is 47.8 Å². The highest BCUT2D eigenvalue weighted by atomic mass is 16.5. The van der Waals surface area contributed by atoms with Gasteiger partial charge < -0.3 is 14.4 Å². The molecule has 224 valence electrons. The van der Waals surface area contributed by atoms with Gasteiger partial charge in [0.05, 0.1) is 42.2 Å². The molecule has 2 fully saturated rings. The van der Waals surface area contributed by atoms with Gasteiger partial charge in [0.2, 0.25) is 0 Å². The Morgan fingerprint density at radius 3 is 2.57 bits per heavy atom. The summed E-state index contributed by atoms with van der Waals surface area (Å²) in [4.78, 5) is 21.8. The molecule has 2 aliphatic carbocycles. The number of rotatable bonds is 8. The molecule has 0 bridgehead atoms. The number of nitrogens with zero attached hydrogens (tertiary/aromatic N) is 9. The van der Waals surface area contributed by atoms with E-state index in [9.17, 15) is 9.90 Å². The number of hydrogen-bond acceptors (Lipinski definition) is 7. The van der Waals surface area contributed by atoms with Crippen molar-refractivity contribution < 1.29 is 14.6 Å². The standard InChI is InChI=1S/C32H33N9O3/c1-16(2)26-21(11-18-13-38(3)36-29(18)33-26)30-34-27(28(39(30)4)17-9-10-17)19-7-6-8-23-22(19)14-40(35-23)25-15-41(37-31(25)44-5)24-12-20(24)32(42)43/h6-8,11,13-17,20,24H,9-10,12H2,1-5H3,(H,42,43)/t20-,24-/m1/s1. The Bertz CT molecular complexity index is 2110. The van der Waals surface area contributed by atoms with Crippen LogP contribution in [-0.2, 0) is 18.9 Å². The molecule has 0 amide bonds. The Morgan fingerprint density at radius 2 is 1.86 bits per heavy atom. The van der Waals surface area contributed by atoms with E-state index in [-0.39, 0.29) is 12.0 Å². The molecule has 2 aliphatic rings. The predicted octanol–water partition coefficient (Wildman–Crippen LogP) is 5.23. The maximum absolute atomic E-state index is 11.5. The zero-order valence-corrected chi connectivity index (χ0v) is 25.3. The summed E-state index contributed by atoms with van der Waals surface area (Å²) in [5.41, 5.74) is 7.42. The van der Waals surface area contributed by atoms with Gasteiger partial charge in [-0.3, -0.25) is 14.2 Å². The second kappa shape index (κ2) is 9.50. The van der Waals surface area contributed by atoms with Gasteiger partial charge in [-0.15, -0.1) is 5.10 Å². The lowest BCUT2D eigenvalue weighted by Crippen LogP contribution is -2.04. The monoisotopic (exact) mass is 591 g/mol. The average Bonchev–Trinajstić information content (AvgIpc) is 3.82. The number of carboxylic acids is 1. The van der Waals surface area contributed by atoms with Gasteiger partial charge in [0.25, 0.3) is 5.88 Å². The topological polar surface area (TPSA) is 131 Å². The van der Waals surface area contributed by atoms with E-state index in [1.807, 2.05) is 37.8 Å². The highest BCUT2D eigenvalue weighted by molar-refractivity contribution is 5.95. The predicted molar refractivity (Wildman–Crippen MR) is 164 cm³/mol. The summed E-state index contributed by atoms with van der Waals surface area (Å²) in [6.45, 7) is 4.31. The molecule has 2 atom stereocenters. The molecule has 1 aromatic carbocycles. The maximum Gasteiger partial charge on any atom is 0.308 e. The molecular formula is C32H33N9O3. The fourth-order valence-corrected chi connectivity index (χ4v) is 6.43. The third kappa shape index (κ3) is 4.11. The van der Waals surface area contributed by atoms with E-state index in [0.717, 1.165) is 63.1 Å². The van der Waals surface area contributed by atoms with Crippen molar-refractivity contribution >= 4 is 27.9 Å². The summed E-state index contributed by atoms with van der Waals surface area (Å²) < 4.78 is 13.1. The number of carbonyl (C=O) groups is 1. The number of aromatic nitrogens is 9. The summed E-state index contributed by atoms with van der Waals surface area (Å²) in [6, 6.07) is 8.11. The molecule has 0 radical (unpaired) electrons. The number of benzene rings is 1. The van der Waals surface area contributed by atoms with Crippen LogP contribution in [0.1, 0.15) is 62.4 Å². The molecule has 12 heteroatoms. The van der Waals surface area contributed by atoms with Crippen LogP contribution in [0.5, 0.6) is 5.88 Å². The summed E-state index contributed by atoms with van der Waals surface area (Å²) in [5.74, 6) is 0.693. The van der Waals surface area contributed by atoms with Crippen LogP contribution in [0.2, 0.25) is 0 Å². The zero-order valence-electron chi connectivity index (χ0n) is 25.3. The van der Waals surface area contributed by atoms with E-state index in [0.29, 0.717) is 23.9 Å². The Balaban J connectivity index is 1.27. The number of pyridine rings is 1. The number of carboxylic acid groups (broad SMARTS) is 1. The van der Waals surface area contributed by atoms with Gasteiger partial charge in [-0.1, -0.05) is 26.0 Å². The highest BCUT2D eigenvalue weighted by Gasteiger charge is 2.46. The first-order valence-corrected chi connectivity index (χ1v) is 15.0. The third-order valence-corrected chi connectivity index (χ3v) is 8.87. The van der Waals surface area contributed by atoms with Gasteiger partial charge in [0.15, 0.2) is 5.65 Å². The molecule has 0 saturated heterocycles. The van der Waals surface area contributed by atoms with Crippen LogP contribution in [-0.4, -0.2) is 62.1 Å². The van der Waals surface area contributed by atoms with Crippen molar-refractivity contribution in [2.75, 3.05) is 7.11 Å². The lowest BCUT2D eigenvalue weighted by molar-refractivity contribution is -0.138. The van der Waals surface area contributed by atoms with Gasteiger partial charge >= 0.3 is 5.97 Å². The summed E-state index contributed by atoms with van der Waals surface area (Å²) in [5, 5.41) is 25.3. The first kappa shape index (κ1) is 26.6. The number of aliphatic carboxylic acids is 1. The first-order chi connectivity index (χ1) is 21.2. The van der Waals surface area contributed by atoms with Gasteiger partial charge in [0, 0.05) is 60.0 Å². The largest absolute Gasteiger partial charge is 0.481 e. The quantitative estimate of drug-likeness (QED) is 0.255. The smallest absolute Gasteiger partial charge is 0.308 e. The molecule has 0 unspecified atom stereocenters. The Labute approximate surface area is 252 Å². The highest BCUT2D eigenvalue weighted by Crippen LogP contribution is 2.48. The number of hydrogen-bond donors (Lipinski definition) is 1. The van der Waals surface area contributed by atoms with Crippen molar-refractivity contribution in [2.45, 2.75) is 51.0 Å². The van der Waals surface area contributed by atoms with Crippen molar-refractivity contribution in [1.82, 2.24) is 43.9 Å². The number of fused-ring (bicyclic) bond motifs is 2. The zero-order chi connectivity index (χ0) is 30.4. The molecule has 0 spiro atoms. The second-order valence-corrected chi connectivity index (χ2v) is 12.4. The summed E-state index contributed by atoms with van der Waals surface area (Å²) in [6.07, 6.45) is 8.63. The fourth-order valence-electron chi connectivity index (χ4n) is 6.43. The van der Waals surface area contributed by atoms with E-state index < -0.39 is 11.9 Å². The molecule has 5 heterocycles. The van der Waals surface area contributed by atoms with Crippen molar-refractivity contribution in [3.63, 3.8) is 0 Å². The van der Waals surface area contributed by atoms with Crippen LogP contribution in [0.25, 0.3) is 50.3 Å². The van der Waals surface area contributed by atoms with Crippen LogP contribution in [0, 0.1) is 5.92 Å². The lowest BCUT2D eigenvalue weighted by Gasteiger charge is -2.12. The average molecular weight is 592 g/mol. The van der Waals surface area contributed by atoms with E-state index in [1.165, 1.54) is 5.69 Å². The molecule has 2 saturated carbocycles. The van der Waals surface area contributed by atoms with Crippen molar-refractivity contribution in [2.24, 2.45) is 20.0 Å². The Kier molecular flexibility index (Phi) is 5.75. The van der Waals surface area contributed by atoms with E-state index in [1.54, 1.807) is 21.2 Å². The van der Waals surface area contributed by atoms with Gasteiger partial charge in [-0.05, 0) is 37.3 Å². The van der Waals surface area contributed by atoms with Crippen molar-refractivity contribution in [3.8, 4) is 34.2 Å². The fraction of sp³-hybridized carbons (Fsp3) is 0.375. The molecule has 0 aliphatic heterocycles. The minimum Gasteiger partial charge on any atom is -0.481 e. The van der Waals surface area contributed by atoms with Crippen LogP contribution in [0.15, 0.2) is 42.9 Å². The number of aryl methyl sites for hydroxylation is 1. The molecule has 5 aromatic heterocycles. The minimum absolute atomic E-state index is 0.181. The Hall–Kier alpha value is -5.00. The third-order valence-electron chi connectivity index (χ3n) is 8.87. The molecule has 12 nitrogen and oxygen atoms in total. The van der Waals surface area contributed by atoms with Crippen LogP contribution in [0.4, 0.5) is 0 Å². The summed E-state index contributed by atoms with van der Waals surface area (Å²) in [7, 11) is 5.59. The molecule has 8 rings (SSSR count). The van der Waals surface area contributed by atoms with Crippen LogP contribution >= 0.6 is 0 Å². The van der Waals surface area contributed by atoms with Gasteiger partial charge in [-0.25, -0.2) is 14.6 Å².